The molecule has 0 saturated carbocycles. The van der Waals surface area contributed by atoms with E-state index in [1.165, 1.54) is 0 Å². The number of fused-ring (bicyclic) bond motifs is 2. The van der Waals surface area contributed by atoms with Crippen LogP contribution in [0.25, 0.3) is 33.4 Å². The minimum atomic E-state index is -0.600. The maximum absolute atomic E-state index is 13.9. The van der Waals surface area contributed by atoms with Crippen molar-refractivity contribution in [2.45, 2.75) is 53.9 Å². The fourth-order valence-electron chi connectivity index (χ4n) is 8.25. The van der Waals surface area contributed by atoms with E-state index >= 15 is 0 Å². The van der Waals surface area contributed by atoms with Crippen LogP contribution in [0.3, 0.4) is 0 Å². The Morgan fingerprint density at radius 2 is 1.13 bits per heavy atom. The van der Waals surface area contributed by atoms with Crippen molar-refractivity contribution >= 4 is 33.9 Å². The van der Waals surface area contributed by atoms with Crippen LogP contribution in [0, 0.1) is 19.8 Å². The minimum Gasteiger partial charge on any atom is -0.507 e. The van der Waals surface area contributed by atoms with E-state index in [0.717, 1.165) is 52.1 Å². The number of phenols is 2. The van der Waals surface area contributed by atoms with Crippen molar-refractivity contribution in [2.24, 2.45) is 5.92 Å². The zero-order valence-corrected chi connectivity index (χ0v) is 32.8. The molecule has 2 aliphatic heterocycles. The SMILES string of the molecule is CCC1=C(O)C(=O)/C(=C\NCCCN2CCOCC2)c2c1cc(C)c(-c1c(C)cc3c(c1O)/C(=C/NCCCN1CCOCC1)C(=O)C(O)=C3C(C)C)c2O. The molecule has 55 heavy (non-hydrogen) atoms. The van der Waals surface area contributed by atoms with Crippen LogP contribution in [-0.4, -0.2) is 121 Å². The zero-order chi connectivity index (χ0) is 39.4. The normalized spacial score (nSPS) is 19.8. The number of aryl methyl sites for hydroxylation is 2. The van der Waals surface area contributed by atoms with Gasteiger partial charge in [0, 0.05) is 85.1 Å². The van der Waals surface area contributed by atoms with Crippen LogP contribution in [0.2, 0.25) is 0 Å². The third kappa shape index (κ3) is 8.05. The molecule has 12 nitrogen and oxygen atoms in total. The zero-order valence-electron chi connectivity index (χ0n) is 32.8. The number of benzene rings is 2. The van der Waals surface area contributed by atoms with Crippen LogP contribution < -0.4 is 10.6 Å². The van der Waals surface area contributed by atoms with Crippen molar-refractivity contribution in [3.63, 3.8) is 0 Å². The molecule has 0 radical (unpaired) electrons. The second kappa shape index (κ2) is 17.5. The number of aliphatic hydroxyl groups excluding tert-OH is 2. The maximum Gasteiger partial charge on any atom is 0.229 e. The molecule has 2 heterocycles. The smallest absolute Gasteiger partial charge is 0.229 e. The van der Waals surface area contributed by atoms with Crippen LogP contribution in [0.4, 0.5) is 0 Å². The van der Waals surface area contributed by atoms with Gasteiger partial charge in [0.2, 0.25) is 11.6 Å². The number of nitrogens with one attached hydrogen (secondary N) is 2. The molecule has 0 aromatic heterocycles. The fourth-order valence-corrected chi connectivity index (χ4v) is 8.25. The largest absolute Gasteiger partial charge is 0.507 e. The van der Waals surface area contributed by atoms with Gasteiger partial charge in [-0.2, -0.15) is 0 Å². The molecule has 0 spiro atoms. The number of morpholine rings is 2. The van der Waals surface area contributed by atoms with Crippen LogP contribution in [-0.2, 0) is 19.1 Å². The summed E-state index contributed by atoms with van der Waals surface area (Å²) in [4.78, 5) is 32.2. The molecule has 2 saturated heterocycles. The van der Waals surface area contributed by atoms with Crippen LogP contribution in [0.15, 0.2) is 36.1 Å². The molecule has 2 fully saturated rings. The summed E-state index contributed by atoms with van der Waals surface area (Å²) in [6.07, 6.45) is 5.12. The van der Waals surface area contributed by atoms with Crippen molar-refractivity contribution in [1.82, 2.24) is 20.4 Å². The van der Waals surface area contributed by atoms with E-state index in [1.54, 1.807) is 12.4 Å². The molecule has 2 aromatic carbocycles. The molecule has 296 valence electrons. The molecule has 2 aliphatic carbocycles. The number of rotatable bonds is 13. The summed E-state index contributed by atoms with van der Waals surface area (Å²) in [5.41, 5.74) is 4.57. The average Bonchev–Trinajstić information content (AvgIpc) is 3.16. The number of carbonyl (C=O) groups is 2. The summed E-state index contributed by atoms with van der Waals surface area (Å²) in [5.74, 6) is -2.56. The van der Waals surface area contributed by atoms with E-state index in [0.29, 0.717) is 90.5 Å². The van der Waals surface area contributed by atoms with E-state index in [4.69, 9.17) is 9.47 Å². The monoisotopic (exact) mass is 756 g/mol. The summed E-state index contributed by atoms with van der Waals surface area (Å²) in [7, 11) is 0. The summed E-state index contributed by atoms with van der Waals surface area (Å²) in [6.45, 7) is 18.5. The maximum atomic E-state index is 13.9. The lowest BCUT2D eigenvalue weighted by molar-refractivity contribution is -0.113. The van der Waals surface area contributed by atoms with Gasteiger partial charge in [0.25, 0.3) is 0 Å². The molecule has 0 amide bonds. The first-order valence-corrected chi connectivity index (χ1v) is 19.6. The Hall–Kier alpha value is -4.62. The third-order valence-corrected chi connectivity index (χ3v) is 11.1. The molecule has 6 rings (SSSR count). The Kier molecular flexibility index (Phi) is 12.7. The standard InChI is InChI=1S/C43H56N4O8/c1-6-28-29-21-26(4)34(41(51)36(29)31(39(49)38(28)48)23-44-9-7-11-46-13-17-54-18-14-46)35-27(5)22-30-33(25(2)3)43(53)40(50)32(37(30)42(35)52)24-45-10-8-12-47-15-19-55-20-16-47/h21-25,44-45,48,51-53H,6-20H2,1-5H3/b31-23-,32-24-. The Balaban J connectivity index is 1.40. The first-order valence-electron chi connectivity index (χ1n) is 19.6. The van der Waals surface area contributed by atoms with Crippen LogP contribution in [0.5, 0.6) is 11.5 Å². The lowest BCUT2D eigenvalue weighted by atomic mass is 9.76. The highest BCUT2D eigenvalue weighted by Crippen LogP contribution is 2.53. The number of nitrogens with zero attached hydrogens (tertiary/aromatic N) is 2. The summed E-state index contributed by atoms with van der Waals surface area (Å²) >= 11 is 0. The number of Topliss-reactive ketones (excluding diaryl/α,β-unsaturated/α-hetero) is 2. The number of ketones is 2. The van der Waals surface area contributed by atoms with E-state index in [-0.39, 0.29) is 51.2 Å². The van der Waals surface area contributed by atoms with Gasteiger partial charge in [-0.15, -0.1) is 0 Å². The first-order chi connectivity index (χ1) is 26.5. The topological polar surface area (TPSA) is 164 Å². The van der Waals surface area contributed by atoms with Gasteiger partial charge in [-0.05, 0) is 74.4 Å². The quantitative estimate of drug-likeness (QED) is 0.113. The van der Waals surface area contributed by atoms with E-state index in [9.17, 15) is 30.0 Å². The van der Waals surface area contributed by atoms with Gasteiger partial charge < -0.3 is 40.5 Å². The molecule has 2 aromatic rings. The lowest BCUT2D eigenvalue weighted by Gasteiger charge is -2.29. The lowest BCUT2D eigenvalue weighted by Crippen LogP contribution is -2.37. The molecular weight excluding hydrogens is 700 g/mol. The van der Waals surface area contributed by atoms with Crippen molar-refractivity contribution < 1.29 is 39.5 Å². The average molecular weight is 757 g/mol. The summed E-state index contributed by atoms with van der Waals surface area (Å²) in [6, 6.07) is 3.67. The number of phenolic OH excluding ortho intramolecular Hbond substituents is 2. The highest BCUT2D eigenvalue weighted by atomic mass is 16.5. The van der Waals surface area contributed by atoms with Crippen molar-refractivity contribution in [2.75, 3.05) is 78.8 Å². The highest BCUT2D eigenvalue weighted by molar-refractivity contribution is 6.34. The number of aliphatic hydroxyl groups is 2. The molecule has 4 aliphatic rings. The third-order valence-electron chi connectivity index (χ3n) is 11.1. The Morgan fingerprint density at radius 1 is 0.691 bits per heavy atom. The second-order valence-electron chi connectivity index (χ2n) is 15.1. The van der Waals surface area contributed by atoms with Crippen molar-refractivity contribution in [1.29, 1.82) is 0 Å². The molecule has 0 atom stereocenters. The van der Waals surface area contributed by atoms with Gasteiger partial charge in [-0.3, -0.25) is 19.4 Å². The van der Waals surface area contributed by atoms with E-state index in [2.05, 4.69) is 20.4 Å². The van der Waals surface area contributed by atoms with Gasteiger partial charge in [0.15, 0.2) is 11.5 Å². The number of allylic oxidation sites excluding steroid dienone is 4. The van der Waals surface area contributed by atoms with Gasteiger partial charge in [-0.1, -0.05) is 32.9 Å². The first kappa shape index (κ1) is 40.1. The number of aromatic hydroxyl groups is 2. The molecule has 6 N–H and O–H groups in total. The Labute approximate surface area is 323 Å². The van der Waals surface area contributed by atoms with E-state index < -0.39 is 11.6 Å². The van der Waals surface area contributed by atoms with Gasteiger partial charge in [-0.25, -0.2) is 0 Å². The molecule has 12 heteroatoms. The summed E-state index contributed by atoms with van der Waals surface area (Å²) < 4.78 is 10.9. The fraction of sp³-hybridized carbons (Fsp3) is 0.488. The Morgan fingerprint density at radius 3 is 1.58 bits per heavy atom. The number of hydrogen-bond acceptors (Lipinski definition) is 12. The minimum absolute atomic E-state index is 0.121. The highest BCUT2D eigenvalue weighted by Gasteiger charge is 2.38. The second-order valence-corrected chi connectivity index (χ2v) is 15.1. The Bertz CT molecular complexity index is 1950. The van der Waals surface area contributed by atoms with Gasteiger partial charge in [0.1, 0.15) is 11.5 Å². The van der Waals surface area contributed by atoms with Crippen molar-refractivity contribution in [3.8, 4) is 22.6 Å². The predicted octanol–water partition coefficient (Wildman–Crippen LogP) is 5.46. The van der Waals surface area contributed by atoms with Gasteiger partial charge >= 0.3 is 0 Å². The van der Waals surface area contributed by atoms with Crippen molar-refractivity contribution in [3.05, 3.63) is 69.4 Å². The number of carbonyl (C=O) groups excluding carboxylic acids is 2. The number of hydrogen-bond donors (Lipinski definition) is 6. The number of ether oxygens (including phenoxy) is 2. The molecule has 0 unspecified atom stereocenters. The van der Waals surface area contributed by atoms with E-state index in [1.807, 2.05) is 46.8 Å². The summed E-state index contributed by atoms with van der Waals surface area (Å²) in [5, 5.41) is 53.4. The van der Waals surface area contributed by atoms with Crippen LogP contribution in [0.1, 0.15) is 73.4 Å². The van der Waals surface area contributed by atoms with Crippen LogP contribution >= 0.6 is 0 Å². The predicted molar refractivity (Wildman–Crippen MR) is 215 cm³/mol. The molecular formula is C43H56N4O8. The molecule has 0 bridgehead atoms. The van der Waals surface area contributed by atoms with Gasteiger partial charge in [0.05, 0.1) is 37.6 Å².